The lowest BCUT2D eigenvalue weighted by atomic mass is 10.1. The highest BCUT2D eigenvalue weighted by molar-refractivity contribution is 9.10. The molecule has 2 rings (SSSR count). The van der Waals surface area contributed by atoms with Crippen LogP contribution in [0.25, 0.3) is 0 Å². The lowest BCUT2D eigenvalue weighted by Crippen LogP contribution is -2.00. The minimum Gasteiger partial charge on any atom is -0.493 e. The van der Waals surface area contributed by atoms with Crippen LogP contribution in [0.5, 0.6) is 5.75 Å². The summed E-state index contributed by atoms with van der Waals surface area (Å²) in [5.74, 6) is 0.815. The lowest BCUT2D eigenvalue weighted by molar-refractivity contribution is 0.311. The summed E-state index contributed by atoms with van der Waals surface area (Å²) in [5.41, 5.74) is 7.80. The molecular formula is C15H16BrNO. The summed E-state index contributed by atoms with van der Waals surface area (Å²) in [5, 5.41) is 0. The molecule has 0 aliphatic rings. The van der Waals surface area contributed by atoms with Crippen LogP contribution in [0.3, 0.4) is 0 Å². The highest BCUT2D eigenvalue weighted by Gasteiger charge is 1.98. The highest BCUT2D eigenvalue weighted by Crippen LogP contribution is 2.22. The van der Waals surface area contributed by atoms with E-state index < -0.39 is 0 Å². The first-order valence-electron chi connectivity index (χ1n) is 5.97. The van der Waals surface area contributed by atoms with E-state index in [2.05, 4.69) is 40.2 Å². The van der Waals surface area contributed by atoms with E-state index in [0.29, 0.717) is 12.3 Å². The molecule has 0 fully saturated rings. The minimum absolute atomic E-state index is 0.699. The van der Waals surface area contributed by atoms with E-state index in [1.807, 2.05) is 24.3 Å². The van der Waals surface area contributed by atoms with Crippen molar-refractivity contribution in [3.05, 3.63) is 58.6 Å². The van der Waals surface area contributed by atoms with E-state index in [1.54, 1.807) is 0 Å². The van der Waals surface area contributed by atoms with Crippen molar-refractivity contribution >= 4 is 21.6 Å². The first-order valence-corrected chi connectivity index (χ1v) is 6.76. The fourth-order valence-electron chi connectivity index (χ4n) is 1.78. The zero-order chi connectivity index (χ0) is 12.8. The first kappa shape index (κ1) is 13.0. The quantitative estimate of drug-likeness (QED) is 0.668. The molecule has 0 heterocycles. The molecule has 0 saturated heterocycles. The Morgan fingerprint density at radius 2 is 1.83 bits per heavy atom. The number of hydrogen-bond donors (Lipinski definition) is 1. The van der Waals surface area contributed by atoms with Crippen molar-refractivity contribution < 1.29 is 4.74 Å². The van der Waals surface area contributed by atoms with Gasteiger partial charge >= 0.3 is 0 Å². The number of benzene rings is 2. The fraction of sp³-hybridized carbons (Fsp3) is 0.200. The van der Waals surface area contributed by atoms with Crippen LogP contribution in [0, 0.1) is 0 Å². The summed E-state index contributed by atoms with van der Waals surface area (Å²) in [4.78, 5) is 0. The van der Waals surface area contributed by atoms with Gasteiger partial charge in [-0.15, -0.1) is 0 Å². The molecule has 0 amide bonds. The predicted molar refractivity (Wildman–Crippen MR) is 78.8 cm³/mol. The number of ether oxygens (including phenoxy) is 1. The molecule has 0 aromatic heterocycles. The van der Waals surface area contributed by atoms with Crippen molar-refractivity contribution in [2.24, 2.45) is 0 Å². The Morgan fingerprint density at radius 3 is 2.56 bits per heavy atom. The van der Waals surface area contributed by atoms with Crippen molar-refractivity contribution in [1.82, 2.24) is 0 Å². The van der Waals surface area contributed by atoms with Crippen LogP contribution in [0.4, 0.5) is 5.69 Å². The number of aryl methyl sites for hydroxylation is 1. The second kappa shape index (κ2) is 6.45. The Hall–Kier alpha value is -1.48. The summed E-state index contributed by atoms with van der Waals surface area (Å²) in [6, 6.07) is 16.1. The maximum Gasteiger partial charge on any atom is 0.122 e. The van der Waals surface area contributed by atoms with Gasteiger partial charge in [-0.3, -0.25) is 0 Å². The van der Waals surface area contributed by atoms with E-state index >= 15 is 0 Å². The molecular weight excluding hydrogens is 290 g/mol. The Balaban J connectivity index is 1.78. The minimum atomic E-state index is 0.699. The van der Waals surface area contributed by atoms with Gasteiger partial charge in [0.15, 0.2) is 0 Å². The van der Waals surface area contributed by atoms with Crippen LogP contribution in [0.15, 0.2) is 53.0 Å². The van der Waals surface area contributed by atoms with Crippen LogP contribution < -0.4 is 10.5 Å². The molecule has 2 aromatic rings. The number of nitrogens with two attached hydrogens (primary N) is 1. The molecule has 0 spiro atoms. The fourth-order valence-corrected chi connectivity index (χ4v) is 2.27. The SMILES string of the molecule is Nc1cc(Br)cc(OCCCc2ccccc2)c1. The topological polar surface area (TPSA) is 35.2 Å². The predicted octanol–water partition coefficient (Wildman–Crippen LogP) is 4.04. The van der Waals surface area contributed by atoms with E-state index in [4.69, 9.17) is 10.5 Å². The zero-order valence-electron chi connectivity index (χ0n) is 10.1. The molecule has 2 nitrogen and oxygen atoms in total. The first-order chi connectivity index (χ1) is 8.74. The zero-order valence-corrected chi connectivity index (χ0v) is 11.7. The van der Waals surface area contributed by atoms with Gasteiger partial charge in [-0.05, 0) is 30.5 Å². The molecule has 0 saturated carbocycles. The van der Waals surface area contributed by atoms with Gasteiger partial charge in [-0.25, -0.2) is 0 Å². The number of hydrogen-bond acceptors (Lipinski definition) is 2. The molecule has 0 aliphatic heterocycles. The van der Waals surface area contributed by atoms with Crippen molar-refractivity contribution in [2.45, 2.75) is 12.8 Å². The monoisotopic (exact) mass is 305 g/mol. The second-order valence-corrected chi connectivity index (χ2v) is 5.07. The normalized spacial score (nSPS) is 10.3. The van der Waals surface area contributed by atoms with E-state index in [0.717, 1.165) is 23.1 Å². The molecule has 2 aromatic carbocycles. The Kier molecular flexibility index (Phi) is 4.65. The van der Waals surface area contributed by atoms with Gasteiger partial charge in [0.2, 0.25) is 0 Å². The molecule has 94 valence electrons. The van der Waals surface area contributed by atoms with Crippen LogP contribution in [-0.2, 0) is 6.42 Å². The van der Waals surface area contributed by atoms with Crippen LogP contribution in [-0.4, -0.2) is 6.61 Å². The third-order valence-corrected chi connectivity index (χ3v) is 3.07. The molecule has 0 radical (unpaired) electrons. The Bertz CT molecular complexity index is 479. The van der Waals surface area contributed by atoms with Gasteiger partial charge in [0.25, 0.3) is 0 Å². The van der Waals surface area contributed by atoms with E-state index in [1.165, 1.54) is 5.56 Å². The third kappa shape index (κ3) is 4.08. The molecule has 0 unspecified atom stereocenters. The van der Waals surface area contributed by atoms with E-state index in [-0.39, 0.29) is 0 Å². The van der Waals surface area contributed by atoms with Gasteiger partial charge in [0.1, 0.15) is 5.75 Å². The Labute approximate surface area is 116 Å². The van der Waals surface area contributed by atoms with Crippen LogP contribution in [0.1, 0.15) is 12.0 Å². The number of rotatable bonds is 5. The molecule has 2 N–H and O–H groups in total. The average Bonchev–Trinajstić information content (AvgIpc) is 2.35. The summed E-state index contributed by atoms with van der Waals surface area (Å²) >= 11 is 3.40. The standard InChI is InChI=1S/C15H16BrNO/c16-13-9-14(17)11-15(10-13)18-8-4-7-12-5-2-1-3-6-12/h1-3,5-6,9-11H,4,7-8,17H2. The highest BCUT2D eigenvalue weighted by atomic mass is 79.9. The average molecular weight is 306 g/mol. The van der Waals surface area contributed by atoms with Crippen molar-refractivity contribution in [3.8, 4) is 5.75 Å². The largest absolute Gasteiger partial charge is 0.493 e. The summed E-state index contributed by atoms with van der Waals surface area (Å²) in [6.45, 7) is 0.699. The van der Waals surface area contributed by atoms with Gasteiger partial charge < -0.3 is 10.5 Å². The molecule has 18 heavy (non-hydrogen) atoms. The smallest absolute Gasteiger partial charge is 0.122 e. The van der Waals surface area contributed by atoms with Crippen molar-refractivity contribution in [3.63, 3.8) is 0 Å². The summed E-state index contributed by atoms with van der Waals surface area (Å²) in [7, 11) is 0. The van der Waals surface area contributed by atoms with Gasteiger partial charge in [0, 0.05) is 16.2 Å². The maximum absolute atomic E-state index is 5.74. The van der Waals surface area contributed by atoms with Crippen LogP contribution >= 0.6 is 15.9 Å². The second-order valence-electron chi connectivity index (χ2n) is 4.16. The number of anilines is 1. The van der Waals surface area contributed by atoms with Crippen LogP contribution in [0.2, 0.25) is 0 Å². The van der Waals surface area contributed by atoms with Gasteiger partial charge in [-0.1, -0.05) is 46.3 Å². The van der Waals surface area contributed by atoms with Gasteiger partial charge in [-0.2, -0.15) is 0 Å². The Morgan fingerprint density at radius 1 is 1.06 bits per heavy atom. The molecule has 0 bridgehead atoms. The molecule has 3 heteroatoms. The van der Waals surface area contributed by atoms with Crippen molar-refractivity contribution in [2.75, 3.05) is 12.3 Å². The summed E-state index contributed by atoms with van der Waals surface area (Å²) in [6.07, 6.45) is 2.03. The summed E-state index contributed by atoms with van der Waals surface area (Å²) < 4.78 is 6.62. The van der Waals surface area contributed by atoms with Gasteiger partial charge in [0.05, 0.1) is 6.61 Å². The third-order valence-electron chi connectivity index (χ3n) is 2.61. The molecule has 0 atom stereocenters. The lowest BCUT2D eigenvalue weighted by Gasteiger charge is -2.07. The number of halogens is 1. The van der Waals surface area contributed by atoms with E-state index in [9.17, 15) is 0 Å². The maximum atomic E-state index is 5.74. The molecule has 0 aliphatic carbocycles. The van der Waals surface area contributed by atoms with Crippen molar-refractivity contribution in [1.29, 1.82) is 0 Å². The number of nitrogen functional groups attached to an aromatic ring is 1.